The van der Waals surface area contributed by atoms with Gasteiger partial charge in [-0.05, 0) is 66.7 Å². The number of aromatic carboxylic acids is 2. The van der Waals surface area contributed by atoms with Crippen LogP contribution in [0.1, 0.15) is 28.3 Å². The standard InChI is InChI=1S/2C11H8FNO2.CH4/c12-9-1-3-10(4-2-9)13-6-5-8(7-13)11(14)15;12-8-3-5-9(6-4-8)13-7-1-2-10(13)11(14)15;/h2*1-7H,(H,14,15);1H4. The molecule has 0 unspecified atom stereocenters. The summed E-state index contributed by atoms with van der Waals surface area (Å²) in [6, 6.07) is 16.1. The lowest BCUT2D eigenvalue weighted by molar-refractivity contribution is 0.0681. The SMILES string of the molecule is C.O=C(O)c1cccn1-c1ccc(F)cc1.O=C(O)c1ccn(-c2ccc(F)cc2)c1. The van der Waals surface area contributed by atoms with Gasteiger partial charge in [-0.15, -0.1) is 0 Å². The number of nitrogens with zero attached hydrogens (tertiary/aromatic N) is 2. The van der Waals surface area contributed by atoms with Crippen LogP contribution in [0.4, 0.5) is 8.78 Å². The van der Waals surface area contributed by atoms with E-state index >= 15 is 0 Å². The topological polar surface area (TPSA) is 84.5 Å². The number of rotatable bonds is 4. The van der Waals surface area contributed by atoms with Crippen molar-refractivity contribution >= 4 is 11.9 Å². The number of aromatic nitrogens is 2. The number of carboxylic acid groups (broad SMARTS) is 2. The van der Waals surface area contributed by atoms with Gasteiger partial charge in [-0.2, -0.15) is 0 Å². The van der Waals surface area contributed by atoms with Gasteiger partial charge >= 0.3 is 11.9 Å². The minimum atomic E-state index is -1.01. The van der Waals surface area contributed by atoms with Crippen LogP contribution in [0, 0.1) is 11.6 Å². The van der Waals surface area contributed by atoms with Gasteiger partial charge in [-0.1, -0.05) is 7.43 Å². The molecule has 0 saturated carbocycles. The lowest BCUT2D eigenvalue weighted by Gasteiger charge is -2.05. The number of carbonyl (C=O) groups is 2. The Balaban J connectivity index is 0.000000213. The summed E-state index contributed by atoms with van der Waals surface area (Å²) >= 11 is 0. The minimum absolute atomic E-state index is 0. The number of hydrogen-bond donors (Lipinski definition) is 2. The van der Waals surface area contributed by atoms with Crippen LogP contribution in [0.25, 0.3) is 11.4 Å². The molecule has 0 aliphatic rings. The number of carboxylic acids is 2. The second kappa shape index (κ2) is 10.0. The summed E-state index contributed by atoms with van der Waals surface area (Å²) < 4.78 is 28.4. The van der Waals surface area contributed by atoms with E-state index in [4.69, 9.17) is 10.2 Å². The van der Waals surface area contributed by atoms with E-state index in [1.54, 1.807) is 35.2 Å². The monoisotopic (exact) mass is 426 g/mol. The van der Waals surface area contributed by atoms with E-state index in [1.807, 2.05) is 0 Å². The molecule has 0 amide bonds. The molecule has 0 aliphatic heterocycles. The maximum Gasteiger partial charge on any atom is 0.352 e. The maximum atomic E-state index is 12.7. The number of benzene rings is 2. The zero-order chi connectivity index (χ0) is 21.7. The number of halogens is 2. The molecule has 0 radical (unpaired) electrons. The fourth-order valence-corrected chi connectivity index (χ4v) is 2.68. The van der Waals surface area contributed by atoms with Gasteiger partial charge in [0.05, 0.1) is 5.56 Å². The summed E-state index contributed by atoms with van der Waals surface area (Å²) in [5.74, 6) is -2.65. The Morgan fingerprint density at radius 3 is 1.74 bits per heavy atom. The fourth-order valence-electron chi connectivity index (χ4n) is 2.68. The minimum Gasteiger partial charge on any atom is -0.478 e. The van der Waals surface area contributed by atoms with Gasteiger partial charge in [0.25, 0.3) is 0 Å². The Kier molecular flexibility index (Phi) is 7.46. The zero-order valence-corrected chi connectivity index (χ0v) is 15.4. The third kappa shape index (κ3) is 5.66. The van der Waals surface area contributed by atoms with Crippen LogP contribution in [0.2, 0.25) is 0 Å². The molecule has 2 aromatic carbocycles. The van der Waals surface area contributed by atoms with E-state index in [9.17, 15) is 18.4 Å². The van der Waals surface area contributed by atoms with Crippen molar-refractivity contribution < 1.29 is 28.6 Å². The van der Waals surface area contributed by atoms with Crippen LogP contribution in [0.15, 0.2) is 85.3 Å². The van der Waals surface area contributed by atoms with Crippen molar-refractivity contribution in [3.05, 3.63) is 108 Å². The Labute approximate surface area is 177 Å². The average molecular weight is 426 g/mol. The third-order valence-corrected chi connectivity index (χ3v) is 4.14. The van der Waals surface area contributed by atoms with Crippen LogP contribution in [0.3, 0.4) is 0 Å². The Hall–Kier alpha value is -4.20. The Bertz CT molecular complexity index is 1160. The van der Waals surface area contributed by atoms with Crippen molar-refractivity contribution in [3.63, 3.8) is 0 Å². The molecule has 2 N–H and O–H groups in total. The quantitative estimate of drug-likeness (QED) is 0.466. The van der Waals surface area contributed by atoms with Crippen molar-refractivity contribution in [2.45, 2.75) is 7.43 Å². The van der Waals surface area contributed by atoms with Gasteiger partial charge in [0.1, 0.15) is 17.3 Å². The van der Waals surface area contributed by atoms with Crippen molar-refractivity contribution in [3.8, 4) is 11.4 Å². The lowest BCUT2D eigenvalue weighted by Crippen LogP contribution is -2.05. The molecule has 6 nitrogen and oxygen atoms in total. The molecule has 4 rings (SSSR count). The van der Waals surface area contributed by atoms with Crippen molar-refractivity contribution in [1.82, 2.24) is 9.13 Å². The largest absolute Gasteiger partial charge is 0.478 e. The molecule has 31 heavy (non-hydrogen) atoms. The first-order valence-electron chi connectivity index (χ1n) is 8.69. The normalized spacial score (nSPS) is 9.87. The van der Waals surface area contributed by atoms with Crippen LogP contribution in [-0.4, -0.2) is 31.3 Å². The fraction of sp³-hybridized carbons (Fsp3) is 0.0435. The number of hydrogen-bond acceptors (Lipinski definition) is 2. The summed E-state index contributed by atoms with van der Waals surface area (Å²) in [6.45, 7) is 0. The molecule has 0 aliphatic carbocycles. The van der Waals surface area contributed by atoms with Gasteiger partial charge in [-0.3, -0.25) is 0 Å². The summed E-state index contributed by atoms with van der Waals surface area (Å²) in [4.78, 5) is 21.5. The molecular formula is C23H20F2N2O4. The first-order valence-corrected chi connectivity index (χ1v) is 8.69. The molecule has 160 valence electrons. The molecule has 0 spiro atoms. The van der Waals surface area contributed by atoms with E-state index in [2.05, 4.69) is 0 Å². The van der Waals surface area contributed by atoms with Gasteiger partial charge in [0.2, 0.25) is 0 Å². The van der Waals surface area contributed by atoms with Gasteiger partial charge in [0, 0.05) is 30.0 Å². The highest BCUT2D eigenvalue weighted by molar-refractivity contribution is 5.87. The Morgan fingerprint density at radius 1 is 0.710 bits per heavy atom. The second-order valence-corrected chi connectivity index (χ2v) is 6.13. The van der Waals surface area contributed by atoms with E-state index in [0.29, 0.717) is 5.69 Å². The van der Waals surface area contributed by atoms with Crippen LogP contribution >= 0.6 is 0 Å². The van der Waals surface area contributed by atoms with Crippen molar-refractivity contribution in [1.29, 1.82) is 0 Å². The first-order chi connectivity index (χ1) is 14.3. The smallest absolute Gasteiger partial charge is 0.352 e. The van der Waals surface area contributed by atoms with Crippen molar-refractivity contribution in [2.75, 3.05) is 0 Å². The highest BCUT2D eigenvalue weighted by Crippen LogP contribution is 2.13. The van der Waals surface area contributed by atoms with Gasteiger partial charge in [0.15, 0.2) is 0 Å². The van der Waals surface area contributed by atoms with E-state index < -0.39 is 11.9 Å². The second-order valence-electron chi connectivity index (χ2n) is 6.13. The molecule has 0 bridgehead atoms. The molecule has 0 saturated heterocycles. The summed E-state index contributed by atoms with van der Waals surface area (Å²) in [7, 11) is 0. The highest BCUT2D eigenvalue weighted by Gasteiger charge is 2.09. The van der Waals surface area contributed by atoms with Crippen molar-refractivity contribution in [2.24, 2.45) is 0 Å². The van der Waals surface area contributed by atoms with E-state index in [0.717, 1.165) is 5.69 Å². The molecule has 0 fully saturated rings. The van der Waals surface area contributed by atoms with Gasteiger partial charge in [-0.25, -0.2) is 18.4 Å². The molecular weight excluding hydrogens is 406 g/mol. The van der Waals surface area contributed by atoms with Gasteiger partial charge < -0.3 is 19.3 Å². The van der Waals surface area contributed by atoms with Crippen LogP contribution in [0.5, 0.6) is 0 Å². The zero-order valence-electron chi connectivity index (χ0n) is 15.4. The summed E-state index contributed by atoms with van der Waals surface area (Å²) in [6.07, 6.45) is 4.73. The highest BCUT2D eigenvalue weighted by atomic mass is 19.1. The average Bonchev–Trinajstić information content (AvgIpc) is 3.40. The molecule has 4 aromatic rings. The van der Waals surface area contributed by atoms with Crippen LogP contribution < -0.4 is 0 Å². The summed E-state index contributed by atoms with van der Waals surface area (Å²) in [5, 5.41) is 17.6. The maximum absolute atomic E-state index is 12.7. The predicted molar refractivity (Wildman–Crippen MR) is 112 cm³/mol. The first kappa shape index (κ1) is 23.1. The molecule has 2 heterocycles. The molecule has 0 atom stereocenters. The Morgan fingerprint density at radius 2 is 1.26 bits per heavy atom. The lowest BCUT2D eigenvalue weighted by atomic mass is 10.3. The molecule has 2 aromatic heterocycles. The summed E-state index contributed by atoms with van der Waals surface area (Å²) in [5.41, 5.74) is 1.71. The van der Waals surface area contributed by atoms with Crippen LogP contribution in [-0.2, 0) is 0 Å². The molecule has 8 heteroatoms. The third-order valence-electron chi connectivity index (χ3n) is 4.14. The van der Waals surface area contributed by atoms with E-state index in [-0.39, 0.29) is 30.3 Å². The predicted octanol–water partition coefficient (Wildman–Crippen LogP) is 5.27. The van der Waals surface area contributed by atoms with E-state index in [1.165, 1.54) is 59.3 Å².